The van der Waals surface area contributed by atoms with E-state index in [2.05, 4.69) is 18.2 Å². The van der Waals surface area contributed by atoms with Crippen LogP contribution in [0.2, 0.25) is 0 Å². The fourth-order valence-electron chi connectivity index (χ4n) is 1.73. The maximum atomic E-state index is 5.23. The van der Waals surface area contributed by atoms with E-state index >= 15 is 0 Å². The Hall–Kier alpha value is -1.36. The second kappa shape index (κ2) is 7.16. The van der Waals surface area contributed by atoms with Gasteiger partial charge in [0.2, 0.25) is 0 Å². The summed E-state index contributed by atoms with van der Waals surface area (Å²) in [6.45, 7) is 0. The molecule has 0 aliphatic carbocycles. The van der Waals surface area contributed by atoms with Crippen LogP contribution in [0.5, 0.6) is 11.5 Å². The molecule has 0 heterocycles. The minimum absolute atomic E-state index is 0. The maximum Gasteiger partial charge on any atom is 1.00 e. The average molecular weight is 234 g/mol. The van der Waals surface area contributed by atoms with Crippen LogP contribution in [0.15, 0.2) is 42.5 Å². The van der Waals surface area contributed by atoms with Gasteiger partial charge in [0.15, 0.2) is 0 Å². The van der Waals surface area contributed by atoms with Crippen LogP contribution in [0.3, 0.4) is 0 Å². The summed E-state index contributed by atoms with van der Waals surface area (Å²) in [6.07, 6.45) is 0.848. The Kier molecular flexibility index (Phi) is 5.84. The molecule has 2 aromatic carbocycles. The monoisotopic (exact) mass is 234 g/mol. The van der Waals surface area contributed by atoms with Crippen LogP contribution >= 0.6 is 0 Å². The Morgan fingerprint density at radius 2 is 1.67 bits per heavy atom. The van der Waals surface area contributed by atoms with E-state index in [0.29, 0.717) is 11.5 Å². The van der Waals surface area contributed by atoms with Crippen molar-refractivity contribution >= 4 is 0 Å². The predicted molar refractivity (Wildman–Crippen MR) is 67.6 cm³/mol. The van der Waals surface area contributed by atoms with Gasteiger partial charge in [-0.25, -0.2) is 0 Å². The fourth-order valence-corrected chi connectivity index (χ4v) is 1.73. The molecule has 2 aromatic rings. The van der Waals surface area contributed by atoms with Crippen molar-refractivity contribution in [2.75, 3.05) is 14.2 Å². The third-order valence-corrected chi connectivity index (χ3v) is 2.60. The van der Waals surface area contributed by atoms with Crippen LogP contribution in [0, 0.1) is 6.07 Å². The van der Waals surface area contributed by atoms with Gasteiger partial charge in [0.05, 0.1) is 14.2 Å². The van der Waals surface area contributed by atoms with Gasteiger partial charge in [-0.3, -0.25) is 0 Å². The molecule has 18 heavy (non-hydrogen) atoms. The molecule has 0 atom stereocenters. The van der Waals surface area contributed by atoms with Crippen LogP contribution in [0.25, 0.3) is 0 Å². The number of methoxy groups -OCH3 is 2. The Morgan fingerprint density at radius 3 is 2.28 bits per heavy atom. The first kappa shape index (κ1) is 14.7. The van der Waals surface area contributed by atoms with E-state index in [-0.39, 0.29) is 18.9 Å². The Morgan fingerprint density at radius 1 is 0.944 bits per heavy atom. The van der Waals surface area contributed by atoms with E-state index in [4.69, 9.17) is 9.47 Å². The SMILES string of the molecule is COc1[c-]c(Cc2ccccc2)ccc1OC.[Li+]. The zero-order valence-corrected chi connectivity index (χ0v) is 11.1. The summed E-state index contributed by atoms with van der Waals surface area (Å²) in [4.78, 5) is 0. The van der Waals surface area contributed by atoms with Gasteiger partial charge >= 0.3 is 18.9 Å². The first-order chi connectivity index (χ1) is 8.33. The first-order valence-corrected chi connectivity index (χ1v) is 5.50. The largest absolute Gasteiger partial charge is 1.00 e. The van der Waals surface area contributed by atoms with Gasteiger partial charge in [0.25, 0.3) is 0 Å². The summed E-state index contributed by atoms with van der Waals surface area (Å²) in [5.74, 6) is 1.37. The third-order valence-electron chi connectivity index (χ3n) is 2.60. The molecule has 0 amide bonds. The molecular weight excluding hydrogens is 219 g/mol. The number of hydrogen-bond donors (Lipinski definition) is 0. The van der Waals surface area contributed by atoms with Crippen LogP contribution in [0.1, 0.15) is 11.1 Å². The van der Waals surface area contributed by atoms with Gasteiger partial charge in [-0.15, -0.1) is 12.1 Å². The van der Waals surface area contributed by atoms with Crippen molar-refractivity contribution in [1.29, 1.82) is 0 Å². The Labute approximate surface area is 120 Å². The summed E-state index contributed by atoms with van der Waals surface area (Å²) in [6, 6.07) is 17.4. The third kappa shape index (κ3) is 3.56. The molecule has 0 aliphatic rings. The number of benzene rings is 2. The van der Waals surface area contributed by atoms with Gasteiger partial charge in [0.1, 0.15) is 0 Å². The zero-order valence-electron chi connectivity index (χ0n) is 11.1. The predicted octanol–water partition coefficient (Wildman–Crippen LogP) is 0.0988. The second-order valence-corrected chi connectivity index (χ2v) is 3.75. The quantitative estimate of drug-likeness (QED) is 0.552. The van der Waals surface area contributed by atoms with Crippen molar-refractivity contribution in [3.8, 4) is 11.5 Å². The van der Waals surface area contributed by atoms with Crippen molar-refractivity contribution in [3.05, 3.63) is 59.7 Å². The molecule has 0 bridgehead atoms. The van der Waals surface area contributed by atoms with Crippen LogP contribution in [0.4, 0.5) is 0 Å². The fraction of sp³-hybridized carbons (Fsp3) is 0.200. The summed E-state index contributed by atoms with van der Waals surface area (Å²) in [7, 11) is 3.25. The molecule has 0 unspecified atom stereocenters. The van der Waals surface area contributed by atoms with Crippen molar-refractivity contribution in [2.24, 2.45) is 0 Å². The van der Waals surface area contributed by atoms with E-state index in [1.54, 1.807) is 14.2 Å². The molecule has 3 heteroatoms. The number of hydrogen-bond acceptors (Lipinski definition) is 2. The van der Waals surface area contributed by atoms with Gasteiger partial charge in [0, 0.05) is 11.5 Å². The molecule has 0 aromatic heterocycles. The average Bonchev–Trinajstić information content (AvgIpc) is 2.40. The van der Waals surface area contributed by atoms with Crippen LogP contribution in [-0.4, -0.2) is 14.2 Å². The standard InChI is InChI=1S/C15H15O2.Li/c1-16-14-9-8-13(11-15(14)17-2)10-12-6-4-3-5-7-12;/h3-9H,10H2,1-2H3;/q-1;+1. The molecule has 0 aliphatic heterocycles. The maximum absolute atomic E-state index is 5.23. The molecule has 0 N–H and O–H groups in total. The molecular formula is C15H15LiO2. The normalized spacial score (nSPS) is 9.44. The van der Waals surface area contributed by atoms with Gasteiger partial charge in [-0.05, 0) is 12.0 Å². The molecule has 0 spiro atoms. The summed E-state index contributed by atoms with van der Waals surface area (Å²) >= 11 is 0. The Bertz CT molecular complexity index is 483. The van der Waals surface area contributed by atoms with E-state index in [1.165, 1.54) is 5.56 Å². The van der Waals surface area contributed by atoms with Crippen molar-refractivity contribution in [2.45, 2.75) is 6.42 Å². The number of rotatable bonds is 4. The summed E-state index contributed by atoms with van der Waals surface area (Å²) < 4.78 is 10.4. The second-order valence-electron chi connectivity index (χ2n) is 3.75. The van der Waals surface area contributed by atoms with E-state index in [0.717, 1.165) is 12.0 Å². The van der Waals surface area contributed by atoms with E-state index < -0.39 is 0 Å². The minimum atomic E-state index is 0. The van der Waals surface area contributed by atoms with Gasteiger partial charge in [-0.2, -0.15) is 11.6 Å². The van der Waals surface area contributed by atoms with Crippen molar-refractivity contribution < 1.29 is 28.3 Å². The van der Waals surface area contributed by atoms with Crippen LogP contribution in [-0.2, 0) is 6.42 Å². The summed E-state index contributed by atoms with van der Waals surface area (Å²) in [5, 5.41) is 0. The van der Waals surface area contributed by atoms with Gasteiger partial charge < -0.3 is 9.47 Å². The molecule has 88 valence electrons. The molecule has 0 saturated heterocycles. The molecule has 0 fully saturated rings. The zero-order chi connectivity index (χ0) is 12.1. The first-order valence-electron chi connectivity index (χ1n) is 5.50. The Balaban J connectivity index is 0.00000162. The summed E-state index contributed by atoms with van der Waals surface area (Å²) in [5.41, 5.74) is 2.35. The molecule has 0 radical (unpaired) electrons. The minimum Gasteiger partial charge on any atom is -0.551 e. The number of ether oxygens (including phenoxy) is 2. The van der Waals surface area contributed by atoms with Crippen molar-refractivity contribution in [3.63, 3.8) is 0 Å². The van der Waals surface area contributed by atoms with E-state index in [1.807, 2.05) is 30.3 Å². The molecule has 2 rings (SSSR count). The van der Waals surface area contributed by atoms with Gasteiger partial charge in [-0.1, -0.05) is 30.3 Å². The topological polar surface area (TPSA) is 18.5 Å². The van der Waals surface area contributed by atoms with E-state index in [9.17, 15) is 0 Å². The van der Waals surface area contributed by atoms with Crippen molar-refractivity contribution in [1.82, 2.24) is 0 Å². The smallest absolute Gasteiger partial charge is 0.551 e. The molecule has 0 saturated carbocycles. The molecule has 2 nitrogen and oxygen atoms in total. The van der Waals surface area contributed by atoms with Crippen LogP contribution < -0.4 is 28.3 Å².